The smallest absolute Gasteiger partial charge is 0.409 e. The third-order valence-corrected chi connectivity index (χ3v) is 5.80. The van der Waals surface area contributed by atoms with E-state index < -0.39 is 0 Å². The number of carbonyl (C=O) groups is 2. The Morgan fingerprint density at radius 1 is 1.17 bits per heavy atom. The van der Waals surface area contributed by atoms with Crippen LogP contribution in [0.4, 0.5) is 4.79 Å². The molecule has 0 radical (unpaired) electrons. The number of carbonyl (C=O) groups excluding carboxylic acids is 2. The Morgan fingerprint density at radius 2 is 1.87 bits per heavy atom. The molecule has 1 aliphatic carbocycles. The minimum Gasteiger partial charge on any atom is -0.450 e. The number of ether oxygens (including phenoxy) is 2. The Labute approximate surface area is 180 Å². The van der Waals surface area contributed by atoms with Gasteiger partial charge in [-0.3, -0.25) is 4.79 Å². The van der Waals surface area contributed by atoms with Crippen molar-refractivity contribution in [3.63, 3.8) is 0 Å². The average molecular weight is 426 g/mol. The number of likely N-dealkylation sites (N-methyl/N-ethyl adjacent to an activating group) is 1. The van der Waals surface area contributed by atoms with Gasteiger partial charge in [-0.2, -0.15) is 0 Å². The molecule has 1 aliphatic heterocycles. The summed E-state index contributed by atoms with van der Waals surface area (Å²) in [5, 5.41) is 6.92. The van der Waals surface area contributed by atoms with E-state index in [1.807, 2.05) is 13.8 Å². The number of nitrogens with zero attached hydrogens (tertiary/aromatic N) is 3. The molecule has 0 atom stereocenters. The van der Waals surface area contributed by atoms with Gasteiger partial charge in [0.05, 0.1) is 6.61 Å². The lowest BCUT2D eigenvalue weighted by Gasteiger charge is -2.32. The molecule has 172 valence electrons. The van der Waals surface area contributed by atoms with E-state index >= 15 is 0 Å². The molecule has 0 aromatic heterocycles. The van der Waals surface area contributed by atoms with Gasteiger partial charge in [0, 0.05) is 53.0 Å². The van der Waals surface area contributed by atoms with E-state index in [1.165, 1.54) is 12.8 Å². The molecule has 2 rings (SSSR count). The number of rotatable bonds is 10. The van der Waals surface area contributed by atoms with Crippen LogP contribution < -0.4 is 10.6 Å². The number of guanidine groups is 1. The lowest BCUT2D eigenvalue weighted by atomic mass is 10.0. The van der Waals surface area contributed by atoms with Crippen molar-refractivity contribution >= 4 is 18.0 Å². The average Bonchev–Trinajstić information content (AvgIpc) is 3.50. The first-order valence-corrected chi connectivity index (χ1v) is 11.1. The highest BCUT2D eigenvalue weighted by Crippen LogP contribution is 2.48. The molecular formula is C21H39N5O4. The fourth-order valence-electron chi connectivity index (χ4n) is 3.45. The molecule has 2 amide bonds. The Morgan fingerprint density at radius 3 is 2.43 bits per heavy atom. The van der Waals surface area contributed by atoms with E-state index in [2.05, 4.69) is 15.6 Å². The van der Waals surface area contributed by atoms with Crippen molar-refractivity contribution in [1.82, 2.24) is 20.4 Å². The Bertz CT molecular complexity index is 584. The van der Waals surface area contributed by atoms with Crippen LogP contribution in [0.3, 0.4) is 0 Å². The van der Waals surface area contributed by atoms with Crippen molar-refractivity contribution in [3.8, 4) is 0 Å². The van der Waals surface area contributed by atoms with Crippen LogP contribution in [0.25, 0.3) is 0 Å². The van der Waals surface area contributed by atoms with Crippen LogP contribution in [-0.4, -0.2) is 93.9 Å². The number of hydrogen-bond donors (Lipinski definition) is 2. The van der Waals surface area contributed by atoms with Crippen LogP contribution in [0.15, 0.2) is 4.99 Å². The van der Waals surface area contributed by atoms with Gasteiger partial charge in [0.15, 0.2) is 5.96 Å². The van der Waals surface area contributed by atoms with E-state index in [9.17, 15) is 9.59 Å². The highest BCUT2D eigenvalue weighted by molar-refractivity contribution is 5.85. The number of nitrogens with one attached hydrogen (secondary N) is 2. The van der Waals surface area contributed by atoms with Gasteiger partial charge in [-0.05, 0) is 51.4 Å². The molecule has 30 heavy (non-hydrogen) atoms. The minimum absolute atomic E-state index is 0.0364. The van der Waals surface area contributed by atoms with Gasteiger partial charge in [-0.25, -0.2) is 9.79 Å². The summed E-state index contributed by atoms with van der Waals surface area (Å²) in [5.41, 5.74) is 0.274. The monoisotopic (exact) mass is 425 g/mol. The second-order valence-electron chi connectivity index (χ2n) is 8.36. The van der Waals surface area contributed by atoms with E-state index in [0.29, 0.717) is 25.7 Å². The number of piperidine rings is 1. The summed E-state index contributed by atoms with van der Waals surface area (Å²) >= 11 is 0. The first-order chi connectivity index (χ1) is 14.4. The summed E-state index contributed by atoms with van der Waals surface area (Å²) in [6, 6.07) is 0.204. The van der Waals surface area contributed by atoms with Crippen LogP contribution in [0, 0.1) is 5.41 Å². The molecule has 1 saturated carbocycles. The van der Waals surface area contributed by atoms with Gasteiger partial charge in [0.2, 0.25) is 5.91 Å². The predicted molar refractivity (Wildman–Crippen MR) is 117 cm³/mol. The molecule has 0 aromatic rings. The summed E-state index contributed by atoms with van der Waals surface area (Å²) < 4.78 is 10.6. The largest absolute Gasteiger partial charge is 0.450 e. The quantitative estimate of drug-likeness (QED) is 0.312. The van der Waals surface area contributed by atoms with Crippen molar-refractivity contribution in [2.75, 3.05) is 60.1 Å². The summed E-state index contributed by atoms with van der Waals surface area (Å²) in [6.45, 7) is 7.98. The Balaban J connectivity index is 1.88. The van der Waals surface area contributed by atoms with Gasteiger partial charge in [-0.15, -0.1) is 0 Å². The lowest BCUT2D eigenvalue weighted by molar-refractivity contribution is -0.127. The molecule has 2 fully saturated rings. The van der Waals surface area contributed by atoms with Crippen molar-refractivity contribution in [3.05, 3.63) is 0 Å². The fraction of sp³-hybridized carbons (Fsp3) is 0.857. The number of hydrogen-bond acceptors (Lipinski definition) is 5. The summed E-state index contributed by atoms with van der Waals surface area (Å²) in [7, 11) is 3.47. The fourth-order valence-corrected chi connectivity index (χ4v) is 3.45. The van der Waals surface area contributed by atoms with Crippen LogP contribution in [0.5, 0.6) is 0 Å². The van der Waals surface area contributed by atoms with E-state index in [-0.39, 0.29) is 30.0 Å². The van der Waals surface area contributed by atoms with E-state index in [4.69, 9.17) is 9.47 Å². The van der Waals surface area contributed by atoms with Crippen molar-refractivity contribution in [1.29, 1.82) is 0 Å². The van der Waals surface area contributed by atoms with Crippen molar-refractivity contribution in [2.24, 2.45) is 10.4 Å². The van der Waals surface area contributed by atoms with Gasteiger partial charge in [-0.1, -0.05) is 0 Å². The van der Waals surface area contributed by atoms with Crippen molar-refractivity contribution in [2.45, 2.75) is 52.0 Å². The molecule has 0 aromatic carbocycles. The number of likely N-dealkylation sites (tertiary alicyclic amines) is 1. The Hall–Kier alpha value is -2.03. The van der Waals surface area contributed by atoms with Gasteiger partial charge < -0.3 is 29.9 Å². The maximum absolute atomic E-state index is 12.0. The maximum atomic E-state index is 12.0. The first kappa shape index (κ1) is 24.2. The van der Waals surface area contributed by atoms with Crippen LogP contribution in [0.2, 0.25) is 0 Å². The molecule has 0 bridgehead atoms. The third-order valence-electron chi connectivity index (χ3n) is 5.80. The molecular weight excluding hydrogens is 386 g/mol. The molecule has 2 aliphatic rings. The molecule has 9 nitrogen and oxygen atoms in total. The highest BCUT2D eigenvalue weighted by Gasteiger charge is 2.42. The second-order valence-corrected chi connectivity index (χ2v) is 8.36. The van der Waals surface area contributed by atoms with Gasteiger partial charge in [0.1, 0.15) is 6.54 Å². The second kappa shape index (κ2) is 12.0. The molecule has 1 saturated heterocycles. The molecule has 1 heterocycles. The zero-order valence-electron chi connectivity index (χ0n) is 19.0. The zero-order chi connectivity index (χ0) is 22.0. The maximum Gasteiger partial charge on any atom is 0.409 e. The van der Waals surface area contributed by atoms with Gasteiger partial charge >= 0.3 is 6.09 Å². The lowest BCUT2D eigenvalue weighted by Crippen LogP contribution is -2.51. The first-order valence-electron chi connectivity index (χ1n) is 11.1. The van der Waals surface area contributed by atoms with Gasteiger partial charge in [0.25, 0.3) is 0 Å². The number of aliphatic imine (C=N–C) groups is 1. The van der Waals surface area contributed by atoms with Crippen LogP contribution >= 0.6 is 0 Å². The minimum atomic E-state index is -0.246. The summed E-state index contributed by atoms with van der Waals surface area (Å²) in [6.07, 6.45) is 4.80. The zero-order valence-corrected chi connectivity index (χ0v) is 19.0. The standard InChI is InChI=1S/C21H39N5O4/c1-5-29-14-11-21(9-10-21)16-23-19(22-15-18(27)25(3)4)24-17-7-12-26(13-8-17)20(28)30-6-2/h17H,5-16H2,1-4H3,(H2,22,23,24). The molecule has 0 unspecified atom stereocenters. The topological polar surface area (TPSA) is 95.5 Å². The Kier molecular flexibility index (Phi) is 9.68. The SMILES string of the molecule is CCOCCC1(CNC(=NCC(=O)N(C)C)NC2CCN(C(=O)OCC)CC2)CC1. The van der Waals surface area contributed by atoms with Crippen molar-refractivity contribution < 1.29 is 19.1 Å². The number of amides is 2. The van der Waals surface area contributed by atoms with E-state index in [1.54, 1.807) is 23.9 Å². The molecule has 9 heteroatoms. The van der Waals surface area contributed by atoms with Crippen LogP contribution in [-0.2, 0) is 14.3 Å². The highest BCUT2D eigenvalue weighted by atomic mass is 16.6. The molecule has 0 spiro atoms. The molecule has 2 N–H and O–H groups in total. The van der Waals surface area contributed by atoms with Crippen LogP contribution in [0.1, 0.15) is 46.0 Å². The summed E-state index contributed by atoms with van der Waals surface area (Å²) in [4.78, 5) is 31.7. The normalized spacial score (nSPS) is 18.7. The van der Waals surface area contributed by atoms with E-state index in [0.717, 1.165) is 39.0 Å². The predicted octanol–water partition coefficient (Wildman–Crippen LogP) is 1.44. The summed E-state index contributed by atoms with van der Waals surface area (Å²) in [5.74, 6) is 0.633. The third kappa shape index (κ3) is 8.01.